The van der Waals surface area contributed by atoms with Crippen LogP contribution in [0.15, 0.2) is 57.9 Å². The molecule has 3 aromatic rings. The third-order valence-electron chi connectivity index (χ3n) is 4.46. The maximum absolute atomic E-state index is 12.7. The van der Waals surface area contributed by atoms with Crippen molar-refractivity contribution in [2.75, 3.05) is 19.5 Å². The summed E-state index contributed by atoms with van der Waals surface area (Å²) in [5, 5.41) is 6.57. The van der Waals surface area contributed by atoms with Crippen LogP contribution in [0.5, 0.6) is 11.5 Å². The minimum atomic E-state index is -1.01. The first-order chi connectivity index (χ1) is 15.4. The van der Waals surface area contributed by atoms with Crippen LogP contribution in [-0.4, -0.2) is 37.4 Å². The minimum absolute atomic E-state index is 0.375. The van der Waals surface area contributed by atoms with Crippen LogP contribution in [0, 0.1) is 6.92 Å². The second-order valence-electron chi connectivity index (χ2n) is 6.83. The summed E-state index contributed by atoms with van der Waals surface area (Å²) in [6, 6.07) is 13.9. The molecule has 0 aliphatic rings. The molecule has 32 heavy (non-hydrogen) atoms. The Labute approximate surface area is 190 Å². The number of amides is 1. The van der Waals surface area contributed by atoms with Gasteiger partial charge in [-0.15, -0.1) is 11.8 Å². The van der Waals surface area contributed by atoms with Gasteiger partial charge in [0.15, 0.2) is 17.6 Å². The number of hydrogen-bond donors (Lipinski definition) is 1. The molecule has 8 nitrogen and oxygen atoms in total. The van der Waals surface area contributed by atoms with E-state index in [2.05, 4.69) is 10.5 Å². The van der Waals surface area contributed by atoms with Crippen LogP contribution in [0.1, 0.15) is 28.7 Å². The van der Waals surface area contributed by atoms with E-state index >= 15 is 0 Å². The maximum Gasteiger partial charge on any atom is 0.340 e. The van der Waals surface area contributed by atoms with Gasteiger partial charge >= 0.3 is 5.97 Å². The van der Waals surface area contributed by atoms with Gasteiger partial charge in [0.2, 0.25) is 0 Å². The number of aryl methyl sites for hydroxylation is 1. The summed E-state index contributed by atoms with van der Waals surface area (Å²) in [5.74, 6) is 1.19. The number of aromatic nitrogens is 1. The molecule has 168 valence electrons. The van der Waals surface area contributed by atoms with E-state index in [0.29, 0.717) is 34.3 Å². The van der Waals surface area contributed by atoms with Crippen molar-refractivity contribution in [3.63, 3.8) is 0 Å². The molecule has 0 saturated carbocycles. The first kappa shape index (κ1) is 23.2. The Balaban J connectivity index is 1.63. The fourth-order valence-corrected chi connectivity index (χ4v) is 3.75. The molecule has 0 saturated heterocycles. The number of nitrogens with one attached hydrogen (secondary N) is 1. The number of benzene rings is 2. The number of thioether (sulfide) groups is 1. The van der Waals surface area contributed by atoms with Gasteiger partial charge in [0.1, 0.15) is 5.76 Å². The van der Waals surface area contributed by atoms with Gasteiger partial charge in [-0.25, -0.2) is 4.79 Å². The fourth-order valence-electron chi connectivity index (χ4n) is 2.83. The highest BCUT2D eigenvalue weighted by atomic mass is 32.2. The van der Waals surface area contributed by atoms with Crippen LogP contribution in [0.2, 0.25) is 0 Å². The molecule has 1 atom stereocenters. The van der Waals surface area contributed by atoms with E-state index in [4.69, 9.17) is 18.7 Å². The second-order valence-corrected chi connectivity index (χ2v) is 7.84. The summed E-state index contributed by atoms with van der Waals surface area (Å²) >= 11 is 1.43. The molecule has 0 aliphatic heterocycles. The molecular weight excluding hydrogens is 432 g/mol. The highest BCUT2D eigenvalue weighted by Crippen LogP contribution is 2.30. The highest BCUT2D eigenvalue weighted by Gasteiger charge is 2.21. The Kier molecular flexibility index (Phi) is 7.77. The molecule has 0 aliphatic carbocycles. The van der Waals surface area contributed by atoms with Crippen molar-refractivity contribution in [2.45, 2.75) is 30.6 Å². The van der Waals surface area contributed by atoms with Crippen LogP contribution in [-0.2, 0) is 15.3 Å². The van der Waals surface area contributed by atoms with Crippen molar-refractivity contribution in [3.8, 4) is 11.5 Å². The molecule has 3 rings (SSSR count). The molecule has 1 heterocycles. The van der Waals surface area contributed by atoms with Crippen molar-refractivity contribution >= 4 is 29.3 Å². The number of methoxy groups -OCH3 is 2. The van der Waals surface area contributed by atoms with Gasteiger partial charge in [-0.3, -0.25) is 4.79 Å². The minimum Gasteiger partial charge on any atom is -0.493 e. The fraction of sp³-hybridized carbons (Fsp3) is 0.261. The van der Waals surface area contributed by atoms with E-state index in [1.54, 1.807) is 30.3 Å². The smallest absolute Gasteiger partial charge is 0.340 e. The van der Waals surface area contributed by atoms with Gasteiger partial charge in [-0.05, 0) is 38.1 Å². The number of ether oxygens (including phenoxy) is 3. The molecule has 1 amide bonds. The normalized spacial score (nSPS) is 11.5. The molecule has 0 spiro atoms. The zero-order valence-corrected chi connectivity index (χ0v) is 19.0. The first-order valence-corrected chi connectivity index (χ1v) is 10.8. The third-order valence-corrected chi connectivity index (χ3v) is 5.55. The highest BCUT2D eigenvalue weighted by molar-refractivity contribution is 7.98. The van der Waals surface area contributed by atoms with Crippen molar-refractivity contribution < 1.29 is 28.3 Å². The van der Waals surface area contributed by atoms with Crippen LogP contribution < -0.4 is 14.8 Å². The molecule has 0 bridgehead atoms. The van der Waals surface area contributed by atoms with Crippen LogP contribution in [0.3, 0.4) is 0 Å². The third kappa shape index (κ3) is 5.82. The average Bonchev–Trinajstić information content (AvgIpc) is 3.22. The largest absolute Gasteiger partial charge is 0.493 e. The Morgan fingerprint density at radius 1 is 1.09 bits per heavy atom. The molecule has 9 heteroatoms. The topological polar surface area (TPSA) is 99.9 Å². The zero-order chi connectivity index (χ0) is 23.1. The number of hydrogen-bond acceptors (Lipinski definition) is 8. The number of anilines is 1. The monoisotopic (exact) mass is 456 g/mol. The number of carbonyl (C=O) groups is 2. The maximum atomic E-state index is 12.7. The average molecular weight is 457 g/mol. The van der Waals surface area contributed by atoms with Crippen LogP contribution in [0.25, 0.3) is 0 Å². The lowest BCUT2D eigenvalue weighted by Crippen LogP contribution is -2.30. The SMILES string of the molecule is COc1ccc(NC(=O)C(C)OC(=O)c2ccccc2SCc2cc(C)no2)cc1OC. The van der Waals surface area contributed by atoms with E-state index in [9.17, 15) is 9.59 Å². The van der Waals surface area contributed by atoms with Gasteiger partial charge in [-0.2, -0.15) is 0 Å². The van der Waals surface area contributed by atoms with E-state index in [-0.39, 0.29) is 0 Å². The van der Waals surface area contributed by atoms with E-state index in [1.807, 2.05) is 25.1 Å². The van der Waals surface area contributed by atoms with E-state index in [1.165, 1.54) is 32.9 Å². The summed E-state index contributed by atoms with van der Waals surface area (Å²) in [4.78, 5) is 26.0. The summed E-state index contributed by atoms with van der Waals surface area (Å²) < 4.78 is 21.0. The van der Waals surface area contributed by atoms with Gasteiger partial charge in [-0.1, -0.05) is 17.3 Å². The molecule has 1 N–H and O–H groups in total. The lowest BCUT2D eigenvalue weighted by molar-refractivity contribution is -0.123. The van der Waals surface area contributed by atoms with Gasteiger partial charge in [0.05, 0.1) is 31.2 Å². The van der Waals surface area contributed by atoms with Crippen LogP contribution >= 0.6 is 11.8 Å². The molecule has 0 radical (unpaired) electrons. The molecule has 1 aromatic heterocycles. The van der Waals surface area contributed by atoms with Crippen LogP contribution in [0.4, 0.5) is 5.69 Å². The first-order valence-electron chi connectivity index (χ1n) is 9.79. The number of rotatable bonds is 9. The molecule has 1 unspecified atom stereocenters. The van der Waals surface area contributed by atoms with E-state index in [0.717, 1.165) is 10.6 Å². The zero-order valence-electron chi connectivity index (χ0n) is 18.2. The standard InChI is InChI=1S/C23H24N2O6S/c1-14-11-17(31-25-14)13-32-21-8-6-5-7-18(21)23(27)30-15(2)22(26)24-16-9-10-19(28-3)20(12-16)29-4/h5-12,15H,13H2,1-4H3,(H,24,26). The molecule has 2 aromatic carbocycles. The Bertz CT molecular complexity index is 1100. The summed E-state index contributed by atoms with van der Waals surface area (Å²) in [6.07, 6.45) is -1.01. The lowest BCUT2D eigenvalue weighted by Gasteiger charge is -2.16. The number of carbonyl (C=O) groups excluding carboxylic acids is 2. The Morgan fingerprint density at radius 3 is 2.53 bits per heavy atom. The lowest BCUT2D eigenvalue weighted by atomic mass is 10.2. The van der Waals surface area contributed by atoms with E-state index < -0.39 is 18.0 Å². The second kappa shape index (κ2) is 10.7. The molecule has 0 fully saturated rings. The number of esters is 1. The Hall–Kier alpha value is -3.46. The number of nitrogens with zero attached hydrogens (tertiary/aromatic N) is 1. The summed E-state index contributed by atoms with van der Waals surface area (Å²) in [7, 11) is 3.03. The van der Waals surface area contributed by atoms with Gasteiger partial charge < -0.3 is 24.1 Å². The molecular formula is C23H24N2O6S. The predicted molar refractivity (Wildman–Crippen MR) is 120 cm³/mol. The van der Waals surface area contributed by atoms with Crippen molar-refractivity contribution in [1.82, 2.24) is 5.16 Å². The van der Waals surface area contributed by atoms with Crippen molar-refractivity contribution in [1.29, 1.82) is 0 Å². The summed E-state index contributed by atoms with van der Waals surface area (Å²) in [5.41, 5.74) is 1.66. The van der Waals surface area contributed by atoms with Crippen molar-refractivity contribution in [3.05, 3.63) is 65.5 Å². The van der Waals surface area contributed by atoms with Gasteiger partial charge in [0, 0.05) is 22.7 Å². The quantitative estimate of drug-likeness (QED) is 0.372. The predicted octanol–water partition coefficient (Wildman–Crippen LogP) is 4.48. The van der Waals surface area contributed by atoms with Gasteiger partial charge in [0.25, 0.3) is 5.91 Å². The van der Waals surface area contributed by atoms with Crippen molar-refractivity contribution in [2.24, 2.45) is 0 Å². The summed E-state index contributed by atoms with van der Waals surface area (Å²) in [6.45, 7) is 3.36. The Morgan fingerprint density at radius 2 is 1.84 bits per heavy atom.